The molecule has 0 aliphatic carbocycles. The number of rotatable bonds is 9. The predicted octanol–water partition coefficient (Wildman–Crippen LogP) is 3.07. The first-order chi connectivity index (χ1) is 15.6. The Balaban J connectivity index is 1.52. The van der Waals surface area contributed by atoms with E-state index in [1.165, 1.54) is 0 Å². The maximum Gasteiger partial charge on any atom is 0.253 e. The van der Waals surface area contributed by atoms with E-state index in [0.717, 1.165) is 12.0 Å². The highest BCUT2D eigenvalue weighted by atomic mass is 16.2. The topological polar surface area (TPSA) is 99.3 Å². The average Bonchev–Trinajstić information content (AvgIpc) is 2.83. The number of hydrogen-bond acceptors (Lipinski definition) is 4. The summed E-state index contributed by atoms with van der Waals surface area (Å²) in [5.41, 5.74) is 3.30. The highest BCUT2D eigenvalue weighted by Gasteiger charge is 2.12. The third-order valence-electron chi connectivity index (χ3n) is 4.81. The number of carbonyl (C=O) groups excluding carboxylic acids is 3. The van der Waals surface area contributed by atoms with Crippen molar-refractivity contribution in [2.24, 2.45) is 0 Å². The lowest BCUT2D eigenvalue weighted by Crippen LogP contribution is -2.28. The Kier molecular flexibility index (Phi) is 7.97. The molecule has 0 aromatic heterocycles. The van der Waals surface area contributed by atoms with Gasteiger partial charge in [0.05, 0.1) is 12.1 Å². The number of para-hydroxylation sites is 1. The molecule has 0 atom stereocenters. The molecule has 3 rings (SSSR count). The van der Waals surface area contributed by atoms with Crippen molar-refractivity contribution in [3.05, 3.63) is 95.6 Å². The summed E-state index contributed by atoms with van der Waals surface area (Å²) in [4.78, 5) is 36.5. The number of benzene rings is 3. The fraction of sp³-hybridized carbons (Fsp3) is 0.160. The Labute approximate surface area is 187 Å². The van der Waals surface area contributed by atoms with Crippen LogP contribution in [-0.4, -0.2) is 37.9 Å². The molecule has 3 aromatic carbocycles. The summed E-state index contributed by atoms with van der Waals surface area (Å²) in [6, 6.07) is 23.6. The smallest absolute Gasteiger partial charge is 0.253 e. The molecule has 0 radical (unpaired) electrons. The van der Waals surface area contributed by atoms with E-state index in [4.69, 9.17) is 0 Å². The monoisotopic (exact) mass is 430 g/mol. The molecule has 4 N–H and O–H groups in total. The van der Waals surface area contributed by atoms with E-state index in [0.29, 0.717) is 29.0 Å². The third kappa shape index (κ3) is 6.43. The molecule has 0 saturated carbocycles. The second-order valence-electron chi connectivity index (χ2n) is 7.10. The SMILES string of the molecule is CNC(=O)c1ccc(NC(=O)CNc2ccccc2C(=O)NCCc2ccccc2)cc1. The van der Waals surface area contributed by atoms with Crippen LogP contribution >= 0.6 is 0 Å². The molecule has 0 unspecified atom stereocenters. The first kappa shape index (κ1) is 22.6. The van der Waals surface area contributed by atoms with Crippen molar-refractivity contribution in [3.8, 4) is 0 Å². The number of hydrogen-bond donors (Lipinski definition) is 4. The van der Waals surface area contributed by atoms with Gasteiger partial charge in [0.15, 0.2) is 0 Å². The fourth-order valence-electron chi connectivity index (χ4n) is 3.13. The van der Waals surface area contributed by atoms with Crippen LogP contribution in [0.1, 0.15) is 26.3 Å². The van der Waals surface area contributed by atoms with Crippen molar-refractivity contribution in [1.29, 1.82) is 0 Å². The van der Waals surface area contributed by atoms with Crippen molar-refractivity contribution < 1.29 is 14.4 Å². The van der Waals surface area contributed by atoms with Crippen LogP contribution in [0.2, 0.25) is 0 Å². The van der Waals surface area contributed by atoms with Crippen molar-refractivity contribution >= 4 is 29.1 Å². The molecule has 0 heterocycles. The summed E-state index contributed by atoms with van der Waals surface area (Å²) in [6.45, 7) is 0.509. The number of amides is 3. The van der Waals surface area contributed by atoms with Gasteiger partial charge in [0.2, 0.25) is 5.91 Å². The van der Waals surface area contributed by atoms with Gasteiger partial charge >= 0.3 is 0 Å². The summed E-state index contributed by atoms with van der Waals surface area (Å²) in [6.07, 6.45) is 0.739. The largest absolute Gasteiger partial charge is 0.376 e. The predicted molar refractivity (Wildman–Crippen MR) is 126 cm³/mol. The van der Waals surface area contributed by atoms with E-state index in [1.54, 1.807) is 55.6 Å². The Bertz CT molecular complexity index is 1070. The molecule has 0 spiro atoms. The van der Waals surface area contributed by atoms with E-state index >= 15 is 0 Å². The molecule has 0 bridgehead atoms. The lowest BCUT2D eigenvalue weighted by atomic mass is 10.1. The molecule has 0 aliphatic heterocycles. The van der Waals surface area contributed by atoms with E-state index in [9.17, 15) is 14.4 Å². The van der Waals surface area contributed by atoms with Gasteiger partial charge in [-0.25, -0.2) is 0 Å². The summed E-state index contributed by atoms with van der Waals surface area (Å²) in [5.74, 6) is -0.658. The minimum absolute atomic E-state index is 0.00843. The molecular formula is C25H26N4O3. The van der Waals surface area contributed by atoms with Gasteiger partial charge in [-0.05, 0) is 48.4 Å². The van der Waals surface area contributed by atoms with E-state index < -0.39 is 0 Å². The molecule has 7 nitrogen and oxygen atoms in total. The highest BCUT2D eigenvalue weighted by Crippen LogP contribution is 2.15. The molecule has 3 amide bonds. The van der Waals surface area contributed by atoms with Crippen LogP contribution in [0, 0.1) is 0 Å². The lowest BCUT2D eigenvalue weighted by Gasteiger charge is -2.13. The second kappa shape index (κ2) is 11.3. The number of carbonyl (C=O) groups is 3. The van der Waals surface area contributed by atoms with Crippen LogP contribution in [0.15, 0.2) is 78.9 Å². The first-order valence-electron chi connectivity index (χ1n) is 10.3. The van der Waals surface area contributed by atoms with Crippen LogP contribution in [0.4, 0.5) is 11.4 Å². The maximum atomic E-state index is 12.6. The van der Waals surface area contributed by atoms with Crippen molar-refractivity contribution in [2.75, 3.05) is 30.8 Å². The minimum Gasteiger partial charge on any atom is -0.376 e. The number of nitrogens with one attached hydrogen (secondary N) is 4. The minimum atomic E-state index is -0.267. The van der Waals surface area contributed by atoms with E-state index in [2.05, 4.69) is 21.3 Å². The number of anilines is 2. The van der Waals surface area contributed by atoms with Crippen LogP contribution in [0.3, 0.4) is 0 Å². The van der Waals surface area contributed by atoms with Gasteiger partial charge < -0.3 is 21.3 Å². The first-order valence-corrected chi connectivity index (χ1v) is 10.3. The molecule has 164 valence electrons. The summed E-state index contributed by atoms with van der Waals surface area (Å²) in [5, 5.41) is 11.3. The van der Waals surface area contributed by atoms with Crippen LogP contribution in [-0.2, 0) is 11.2 Å². The molecule has 7 heteroatoms. The Morgan fingerprint density at radius 1 is 0.781 bits per heavy atom. The second-order valence-corrected chi connectivity index (χ2v) is 7.10. The standard InChI is InChI=1S/C25H26N4O3/c1-26-24(31)19-11-13-20(14-12-19)29-23(30)17-28-22-10-6-5-9-21(22)25(32)27-16-15-18-7-3-2-4-8-18/h2-14,28H,15-17H2,1H3,(H,26,31)(H,27,32)(H,29,30). The summed E-state index contributed by atoms with van der Waals surface area (Å²) >= 11 is 0. The summed E-state index contributed by atoms with van der Waals surface area (Å²) < 4.78 is 0. The molecular weight excluding hydrogens is 404 g/mol. The van der Waals surface area contributed by atoms with Crippen molar-refractivity contribution in [3.63, 3.8) is 0 Å². The molecule has 32 heavy (non-hydrogen) atoms. The fourth-order valence-corrected chi connectivity index (χ4v) is 3.13. The Morgan fingerprint density at radius 3 is 2.19 bits per heavy atom. The quantitative estimate of drug-likeness (QED) is 0.419. The zero-order valence-electron chi connectivity index (χ0n) is 17.9. The van der Waals surface area contributed by atoms with E-state index in [-0.39, 0.29) is 24.3 Å². The lowest BCUT2D eigenvalue weighted by molar-refractivity contribution is -0.114. The maximum absolute atomic E-state index is 12.6. The Hall–Kier alpha value is -4.13. The normalized spacial score (nSPS) is 10.2. The van der Waals surface area contributed by atoms with Crippen LogP contribution < -0.4 is 21.3 Å². The molecule has 0 fully saturated rings. The van der Waals surface area contributed by atoms with Crippen molar-refractivity contribution in [2.45, 2.75) is 6.42 Å². The van der Waals surface area contributed by atoms with Crippen LogP contribution in [0.5, 0.6) is 0 Å². The third-order valence-corrected chi connectivity index (χ3v) is 4.81. The molecule has 3 aromatic rings. The van der Waals surface area contributed by atoms with Gasteiger partial charge in [0.25, 0.3) is 11.8 Å². The van der Waals surface area contributed by atoms with Gasteiger partial charge in [-0.3, -0.25) is 14.4 Å². The Morgan fingerprint density at radius 2 is 1.47 bits per heavy atom. The highest BCUT2D eigenvalue weighted by molar-refractivity contribution is 6.01. The van der Waals surface area contributed by atoms with Gasteiger partial charge in [-0.2, -0.15) is 0 Å². The zero-order valence-corrected chi connectivity index (χ0v) is 17.9. The summed E-state index contributed by atoms with van der Waals surface area (Å²) in [7, 11) is 1.56. The van der Waals surface area contributed by atoms with Crippen LogP contribution in [0.25, 0.3) is 0 Å². The average molecular weight is 431 g/mol. The zero-order chi connectivity index (χ0) is 22.8. The van der Waals surface area contributed by atoms with E-state index in [1.807, 2.05) is 30.3 Å². The van der Waals surface area contributed by atoms with Gasteiger partial charge in [-0.1, -0.05) is 42.5 Å². The van der Waals surface area contributed by atoms with Gasteiger partial charge in [0, 0.05) is 30.5 Å². The van der Waals surface area contributed by atoms with Gasteiger partial charge in [0.1, 0.15) is 0 Å². The van der Waals surface area contributed by atoms with Gasteiger partial charge in [-0.15, -0.1) is 0 Å². The molecule has 0 saturated heterocycles. The molecule has 0 aliphatic rings. The van der Waals surface area contributed by atoms with Crippen molar-refractivity contribution in [1.82, 2.24) is 10.6 Å².